The van der Waals surface area contributed by atoms with Crippen molar-refractivity contribution in [3.05, 3.63) is 48.2 Å². The lowest BCUT2D eigenvalue weighted by atomic mass is 10.00. The van der Waals surface area contributed by atoms with Gasteiger partial charge in [0.05, 0.1) is 16.8 Å². The van der Waals surface area contributed by atoms with Crippen LogP contribution in [0.2, 0.25) is 0 Å². The maximum absolute atomic E-state index is 11.7. The number of azo groups is 1. The summed E-state index contributed by atoms with van der Waals surface area (Å²) in [5.74, 6) is -0.272. The molecule has 0 bridgehead atoms. The molecular formula is C14H7N3O. The highest BCUT2D eigenvalue weighted by molar-refractivity contribution is 6.18. The molecule has 3 aromatic rings. The predicted molar refractivity (Wildman–Crippen MR) is 68.1 cm³/mol. The van der Waals surface area contributed by atoms with Gasteiger partial charge in [-0.3, -0.25) is 9.78 Å². The van der Waals surface area contributed by atoms with Crippen molar-refractivity contribution in [1.29, 1.82) is 0 Å². The van der Waals surface area contributed by atoms with Crippen LogP contribution in [0.5, 0.6) is 0 Å². The molecule has 0 N–H and O–H groups in total. The van der Waals surface area contributed by atoms with Crippen LogP contribution in [-0.2, 0) is 0 Å². The fraction of sp³-hybridized carbons (Fsp3) is 0. The molecule has 0 fully saturated rings. The molecular weight excluding hydrogens is 226 g/mol. The predicted octanol–water partition coefficient (Wildman–Crippen LogP) is 3.63. The van der Waals surface area contributed by atoms with Crippen LogP contribution in [0.25, 0.3) is 21.7 Å². The molecule has 1 aromatic heterocycles. The largest absolute Gasteiger partial charge is 0.298 e. The summed E-state index contributed by atoms with van der Waals surface area (Å²) < 4.78 is 0. The summed E-state index contributed by atoms with van der Waals surface area (Å²) in [7, 11) is 0. The summed E-state index contributed by atoms with van der Waals surface area (Å²) in [6, 6.07) is 11.6. The normalized spacial score (nSPS) is 13.4. The summed E-state index contributed by atoms with van der Waals surface area (Å²) >= 11 is 0. The Morgan fingerprint density at radius 3 is 2.72 bits per heavy atom. The molecule has 4 heteroatoms. The topological polar surface area (TPSA) is 54.7 Å². The van der Waals surface area contributed by atoms with E-state index in [1.165, 1.54) is 0 Å². The highest BCUT2D eigenvalue weighted by Gasteiger charge is 2.21. The average molecular weight is 233 g/mol. The number of fused-ring (bicyclic) bond motifs is 5. The number of hydrogen-bond acceptors (Lipinski definition) is 3. The van der Waals surface area contributed by atoms with Crippen molar-refractivity contribution in [3.63, 3.8) is 0 Å². The van der Waals surface area contributed by atoms with Crippen molar-refractivity contribution in [1.82, 2.24) is 4.98 Å². The third-order valence-electron chi connectivity index (χ3n) is 3.21. The number of benzene rings is 2. The van der Waals surface area contributed by atoms with Gasteiger partial charge in [0, 0.05) is 17.0 Å². The second kappa shape index (κ2) is 3.20. The highest BCUT2D eigenvalue weighted by Crippen LogP contribution is 2.35. The average Bonchev–Trinajstić information content (AvgIpc) is 2.80. The minimum atomic E-state index is -0.272. The number of amides is 1. The molecule has 0 atom stereocenters. The second-order valence-corrected chi connectivity index (χ2v) is 4.20. The number of hydrogen-bond donors (Lipinski definition) is 0. The standard InChI is InChI=1S/C14H7N3O/c18-14-12-9-4-3-8-2-1-7-15-13(8)10(9)5-6-11(12)16-17-14/h1-7H. The second-order valence-electron chi connectivity index (χ2n) is 4.20. The monoisotopic (exact) mass is 233 g/mol. The fourth-order valence-corrected chi connectivity index (χ4v) is 2.40. The maximum Gasteiger partial charge on any atom is 0.298 e. The van der Waals surface area contributed by atoms with Crippen molar-refractivity contribution in [3.8, 4) is 0 Å². The first-order valence-electron chi connectivity index (χ1n) is 5.61. The zero-order valence-electron chi connectivity index (χ0n) is 9.29. The van der Waals surface area contributed by atoms with Gasteiger partial charge in [-0.15, -0.1) is 10.2 Å². The Balaban J connectivity index is 2.24. The van der Waals surface area contributed by atoms with E-state index >= 15 is 0 Å². The first-order valence-corrected chi connectivity index (χ1v) is 5.61. The minimum Gasteiger partial charge on any atom is -0.265 e. The lowest BCUT2D eigenvalue weighted by Crippen LogP contribution is -1.92. The Kier molecular flexibility index (Phi) is 1.67. The van der Waals surface area contributed by atoms with Crippen LogP contribution in [0.15, 0.2) is 52.8 Å². The van der Waals surface area contributed by atoms with Gasteiger partial charge >= 0.3 is 0 Å². The number of pyridine rings is 1. The van der Waals surface area contributed by atoms with Gasteiger partial charge in [0.25, 0.3) is 5.91 Å². The number of rotatable bonds is 0. The Morgan fingerprint density at radius 1 is 0.889 bits per heavy atom. The number of carbonyl (C=O) groups is 1. The molecule has 1 amide bonds. The van der Waals surface area contributed by atoms with E-state index in [9.17, 15) is 4.79 Å². The van der Waals surface area contributed by atoms with E-state index in [1.54, 1.807) is 6.20 Å². The van der Waals surface area contributed by atoms with Crippen molar-refractivity contribution < 1.29 is 4.79 Å². The molecule has 2 aromatic carbocycles. The van der Waals surface area contributed by atoms with E-state index in [0.717, 1.165) is 21.7 Å². The van der Waals surface area contributed by atoms with Gasteiger partial charge in [-0.1, -0.05) is 18.2 Å². The first kappa shape index (κ1) is 9.41. The fourth-order valence-electron chi connectivity index (χ4n) is 2.40. The van der Waals surface area contributed by atoms with Gasteiger partial charge in [-0.05, 0) is 23.6 Å². The van der Waals surface area contributed by atoms with Gasteiger partial charge in [-0.2, -0.15) is 0 Å². The Labute approximate surface area is 102 Å². The Hall–Kier alpha value is -2.62. The van der Waals surface area contributed by atoms with Crippen molar-refractivity contribution >= 4 is 33.3 Å². The van der Waals surface area contributed by atoms with Crippen LogP contribution in [-0.4, -0.2) is 10.9 Å². The summed E-state index contributed by atoms with van der Waals surface area (Å²) in [5.41, 5.74) is 2.13. The molecule has 0 radical (unpaired) electrons. The van der Waals surface area contributed by atoms with Crippen LogP contribution in [0.4, 0.5) is 5.69 Å². The summed E-state index contributed by atoms with van der Waals surface area (Å²) in [4.78, 5) is 16.1. The third-order valence-corrected chi connectivity index (χ3v) is 3.21. The van der Waals surface area contributed by atoms with Crippen LogP contribution >= 0.6 is 0 Å². The zero-order chi connectivity index (χ0) is 12.1. The lowest BCUT2D eigenvalue weighted by molar-refractivity contribution is 0.100. The first-order chi connectivity index (χ1) is 8.84. The van der Waals surface area contributed by atoms with E-state index < -0.39 is 0 Å². The number of carbonyl (C=O) groups excluding carboxylic acids is 1. The zero-order valence-corrected chi connectivity index (χ0v) is 9.29. The van der Waals surface area contributed by atoms with E-state index in [2.05, 4.69) is 15.2 Å². The van der Waals surface area contributed by atoms with Crippen LogP contribution in [0, 0.1) is 0 Å². The van der Waals surface area contributed by atoms with Gasteiger partial charge < -0.3 is 0 Å². The molecule has 84 valence electrons. The summed E-state index contributed by atoms with van der Waals surface area (Å²) in [5, 5.41) is 10.4. The Bertz CT molecular complexity index is 852. The molecule has 18 heavy (non-hydrogen) atoms. The molecule has 2 heterocycles. The van der Waals surface area contributed by atoms with E-state index in [0.29, 0.717) is 11.3 Å². The van der Waals surface area contributed by atoms with Gasteiger partial charge in [-0.25, -0.2) is 0 Å². The van der Waals surface area contributed by atoms with Crippen LogP contribution in [0.1, 0.15) is 10.4 Å². The van der Waals surface area contributed by atoms with Gasteiger partial charge in [0.1, 0.15) is 0 Å². The quantitative estimate of drug-likeness (QED) is 0.557. The maximum atomic E-state index is 11.7. The summed E-state index contributed by atoms with van der Waals surface area (Å²) in [6.07, 6.45) is 1.76. The molecule has 1 aliphatic rings. The van der Waals surface area contributed by atoms with Gasteiger partial charge in [0.15, 0.2) is 0 Å². The number of nitrogens with zero attached hydrogens (tertiary/aromatic N) is 3. The SMILES string of the molecule is O=C1N=Nc2ccc3c(ccc4cccnc43)c21. The van der Waals surface area contributed by atoms with Crippen LogP contribution in [0.3, 0.4) is 0 Å². The number of aromatic nitrogens is 1. The molecule has 4 nitrogen and oxygen atoms in total. The highest BCUT2D eigenvalue weighted by atomic mass is 16.2. The Morgan fingerprint density at radius 2 is 1.78 bits per heavy atom. The summed E-state index contributed by atoms with van der Waals surface area (Å²) in [6.45, 7) is 0. The molecule has 0 saturated carbocycles. The van der Waals surface area contributed by atoms with E-state index in [1.807, 2.05) is 36.4 Å². The molecule has 0 saturated heterocycles. The van der Waals surface area contributed by atoms with E-state index in [-0.39, 0.29) is 5.91 Å². The van der Waals surface area contributed by atoms with Crippen molar-refractivity contribution in [2.24, 2.45) is 10.2 Å². The molecule has 1 aliphatic heterocycles. The molecule has 0 spiro atoms. The van der Waals surface area contributed by atoms with E-state index in [4.69, 9.17) is 0 Å². The van der Waals surface area contributed by atoms with Gasteiger partial charge in [0.2, 0.25) is 0 Å². The minimum absolute atomic E-state index is 0.272. The molecule has 0 aliphatic carbocycles. The van der Waals surface area contributed by atoms with Crippen molar-refractivity contribution in [2.75, 3.05) is 0 Å². The molecule has 4 rings (SSSR count). The third kappa shape index (κ3) is 1.09. The smallest absolute Gasteiger partial charge is 0.265 e. The van der Waals surface area contributed by atoms with Crippen LogP contribution < -0.4 is 0 Å². The van der Waals surface area contributed by atoms with Crippen molar-refractivity contribution in [2.45, 2.75) is 0 Å². The molecule has 0 unspecified atom stereocenters. The lowest BCUT2D eigenvalue weighted by Gasteiger charge is -2.05.